The molecule has 8 aromatic carbocycles. The number of hydrogen-bond acceptors (Lipinski definition) is 3. The van der Waals surface area contributed by atoms with Gasteiger partial charge in [-0.15, -0.1) is 0 Å². The zero-order chi connectivity index (χ0) is 35.3. The summed E-state index contributed by atoms with van der Waals surface area (Å²) >= 11 is 0. The van der Waals surface area contributed by atoms with Crippen LogP contribution in [-0.4, -0.2) is 7.05 Å². The minimum atomic E-state index is 1.03. The van der Waals surface area contributed by atoms with Crippen LogP contribution in [0.3, 0.4) is 0 Å². The Hall–Kier alpha value is -6.32. The highest BCUT2D eigenvalue weighted by Gasteiger charge is 2.27. The Morgan fingerprint density at radius 2 is 1.19 bits per heavy atom. The molecule has 0 spiro atoms. The number of benzene rings is 8. The van der Waals surface area contributed by atoms with Crippen molar-refractivity contribution in [1.82, 2.24) is 0 Å². The van der Waals surface area contributed by atoms with Gasteiger partial charge in [0.1, 0.15) is 0 Å². The van der Waals surface area contributed by atoms with E-state index in [4.69, 9.17) is 0 Å². The molecule has 52 heavy (non-hydrogen) atoms. The van der Waals surface area contributed by atoms with E-state index in [9.17, 15) is 0 Å². The Morgan fingerprint density at radius 3 is 1.94 bits per heavy atom. The minimum Gasteiger partial charge on any atom is -0.309 e. The molecule has 0 aromatic heterocycles. The van der Waals surface area contributed by atoms with Crippen molar-refractivity contribution in [2.45, 2.75) is 26.2 Å². The zero-order valence-electron chi connectivity index (χ0n) is 29.8. The van der Waals surface area contributed by atoms with Gasteiger partial charge in [0.05, 0.1) is 22.7 Å². The van der Waals surface area contributed by atoms with Gasteiger partial charge >= 0.3 is 0 Å². The summed E-state index contributed by atoms with van der Waals surface area (Å²) in [6.45, 7) is 2.23. The van der Waals surface area contributed by atoms with Crippen LogP contribution in [-0.2, 0) is 6.42 Å². The maximum absolute atomic E-state index is 3.54. The number of anilines is 5. The highest BCUT2D eigenvalue weighted by Crippen LogP contribution is 2.52. The molecule has 0 amide bonds. The van der Waals surface area contributed by atoms with Gasteiger partial charge in [0.25, 0.3) is 0 Å². The monoisotopic (exact) mass is 673 g/mol. The van der Waals surface area contributed by atoms with Gasteiger partial charge in [-0.3, -0.25) is 10.4 Å². The smallest absolute Gasteiger partial charge is 0.0569 e. The van der Waals surface area contributed by atoms with Crippen molar-refractivity contribution >= 4 is 50.0 Å². The lowest BCUT2D eigenvalue weighted by Crippen LogP contribution is -2.24. The topological polar surface area (TPSA) is 18.5 Å². The van der Waals surface area contributed by atoms with Crippen LogP contribution in [0.5, 0.6) is 0 Å². The first-order valence-corrected chi connectivity index (χ1v) is 18.3. The summed E-state index contributed by atoms with van der Waals surface area (Å²) in [6, 6.07) is 65.0. The van der Waals surface area contributed by atoms with Crippen LogP contribution in [0, 0.1) is 0 Å². The summed E-state index contributed by atoms with van der Waals surface area (Å²) in [5, 5.41) is 7.15. The third-order valence-corrected chi connectivity index (χ3v) is 9.99. The summed E-state index contributed by atoms with van der Waals surface area (Å²) in [5.74, 6) is 0. The van der Waals surface area contributed by atoms with Crippen LogP contribution in [0.4, 0.5) is 28.4 Å². The number of rotatable bonds is 8. The highest BCUT2D eigenvalue weighted by atomic mass is 15.5. The average molecular weight is 674 g/mol. The van der Waals surface area contributed by atoms with E-state index >= 15 is 0 Å². The molecular weight excluding hydrogens is 631 g/mol. The van der Waals surface area contributed by atoms with E-state index in [0.717, 1.165) is 17.1 Å². The molecule has 0 atom stereocenters. The lowest BCUT2D eigenvalue weighted by atomic mass is 9.87. The van der Waals surface area contributed by atoms with Crippen molar-refractivity contribution < 1.29 is 0 Å². The Kier molecular flexibility index (Phi) is 9.41. The van der Waals surface area contributed by atoms with Gasteiger partial charge < -0.3 is 4.90 Å². The van der Waals surface area contributed by atoms with Gasteiger partial charge in [-0.1, -0.05) is 147 Å². The van der Waals surface area contributed by atoms with Crippen LogP contribution >= 0.6 is 0 Å². The standard InChI is InChI=1S/C39H29N3.C10H14/c1-41(32-22-17-28(18-23-32)27-9-3-2-4-10-27)40-31-20-24-33(25-21-31)42-36-16-8-13-30-12-7-15-35(38(30)36)39-34-14-6-5-11-29(34)19-26-37(39)42;1-2-3-7-10-8-5-4-6-9-10/h2-26,40H,1H3;4-6,8-9H,2-3,7H2,1H3. The number of nitrogens with one attached hydrogen (secondary N) is 1. The lowest BCUT2D eigenvalue weighted by molar-refractivity contribution is 0.795. The van der Waals surface area contributed by atoms with Crippen LogP contribution in [0.1, 0.15) is 25.3 Å². The first-order valence-electron chi connectivity index (χ1n) is 18.3. The van der Waals surface area contributed by atoms with E-state index in [2.05, 4.69) is 205 Å². The quantitative estimate of drug-likeness (QED) is 0.162. The number of unbranched alkanes of at least 4 members (excludes halogenated alkanes) is 1. The van der Waals surface area contributed by atoms with E-state index < -0.39 is 0 Å². The van der Waals surface area contributed by atoms with Crippen LogP contribution in [0.25, 0.3) is 43.8 Å². The number of hydrogen-bond donors (Lipinski definition) is 1. The lowest BCUT2D eigenvalue weighted by Gasteiger charge is -2.34. The molecule has 254 valence electrons. The maximum Gasteiger partial charge on any atom is 0.0569 e. The van der Waals surface area contributed by atoms with Crippen molar-refractivity contribution in [3.05, 3.63) is 188 Å². The second-order valence-electron chi connectivity index (χ2n) is 13.4. The normalized spacial score (nSPS) is 11.5. The third-order valence-electron chi connectivity index (χ3n) is 9.99. The Bertz CT molecular complexity index is 2410. The van der Waals surface area contributed by atoms with E-state index in [0.29, 0.717) is 0 Å². The van der Waals surface area contributed by atoms with Gasteiger partial charge in [0.2, 0.25) is 0 Å². The molecular formula is C49H43N3. The molecule has 0 saturated carbocycles. The van der Waals surface area contributed by atoms with Crippen molar-refractivity contribution in [2.24, 2.45) is 0 Å². The van der Waals surface area contributed by atoms with E-state index in [1.165, 1.54) is 80.0 Å². The first-order chi connectivity index (χ1) is 25.7. The predicted octanol–water partition coefficient (Wildman–Crippen LogP) is 13.6. The fourth-order valence-electron chi connectivity index (χ4n) is 7.33. The number of fused-ring (bicyclic) bond motifs is 4. The predicted molar refractivity (Wildman–Crippen MR) is 224 cm³/mol. The minimum absolute atomic E-state index is 1.03. The maximum atomic E-state index is 3.54. The van der Waals surface area contributed by atoms with E-state index in [1.54, 1.807) is 0 Å². The summed E-state index contributed by atoms with van der Waals surface area (Å²) in [7, 11) is 2.05. The van der Waals surface area contributed by atoms with Gasteiger partial charge in [0.15, 0.2) is 0 Å². The summed E-state index contributed by atoms with van der Waals surface area (Å²) < 4.78 is 0. The van der Waals surface area contributed by atoms with Crippen LogP contribution in [0.2, 0.25) is 0 Å². The fraction of sp³-hybridized carbons (Fsp3) is 0.102. The van der Waals surface area contributed by atoms with Gasteiger partial charge in [-0.05, 0) is 99.8 Å². The molecule has 0 bridgehead atoms. The Labute approximate surface area is 307 Å². The fourth-order valence-corrected chi connectivity index (χ4v) is 7.33. The molecule has 1 heterocycles. The number of aryl methyl sites for hydroxylation is 1. The average Bonchev–Trinajstić information content (AvgIpc) is 3.21. The molecule has 0 fully saturated rings. The second kappa shape index (κ2) is 14.9. The van der Waals surface area contributed by atoms with Crippen molar-refractivity contribution in [3.8, 4) is 22.3 Å². The van der Waals surface area contributed by atoms with Gasteiger partial charge in [-0.25, -0.2) is 0 Å². The molecule has 0 unspecified atom stereocenters. The Balaban J connectivity index is 0.000000337. The van der Waals surface area contributed by atoms with Crippen LogP contribution < -0.4 is 15.3 Å². The Morgan fingerprint density at radius 1 is 0.538 bits per heavy atom. The van der Waals surface area contributed by atoms with E-state index in [1.807, 2.05) is 6.07 Å². The highest BCUT2D eigenvalue weighted by molar-refractivity contribution is 6.19. The summed E-state index contributed by atoms with van der Waals surface area (Å²) in [4.78, 5) is 2.41. The molecule has 3 nitrogen and oxygen atoms in total. The molecule has 0 aliphatic carbocycles. The molecule has 0 saturated heterocycles. The third kappa shape index (κ3) is 6.61. The van der Waals surface area contributed by atoms with Crippen molar-refractivity contribution in [2.75, 3.05) is 22.4 Å². The zero-order valence-corrected chi connectivity index (χ0v) is 29.8. The van der Waals surface area contributed by atoms with E-state index in [-0.39, 0.29) is 0 Å². The molecule has 1 aliphatic heterocycles. The molecule has 9 rings (SSSR count). The molecule has 3 heteroatoms. The molecule has 0 radical (unpaired) electrons. The molecule has 1 N–H and O–H groups in total. The van der Waals surface area contributed by atoms with Gasteiger partial charge in [-0.2, -0.15) is 0 Å². The SMILES string of the molecule is CCCCc1ccccc1.CN(Nc1ccc(N2c3ccc4ccccc4c3-c3cccc4cccc2c34)cc1)c1ccc(-c2ccccc2)cc1. The number of nitrogens with zero attached hydrogens (tertiary/aromatic N) is 2. The largest absolute Gasteiger partial charge is 0.309 e. The van der Waals surface area contributed by atoms with Crippen molar-refractivity contribution in [1.29, 1.82) is 0 Å². The summed E-state index contributed by atoms with van der Waals surface area (Å²) in [6.07, 6.45) is 3.83. The number of hydrazine groups is 1. The summed E-state index contributed by atoms with van der Waals surface area (Å²) in [5.41, 5.74) is 15.7. The first kappa shape index (κ1) is 32.9. The van der Waals surface area contributed by atoms with Gasteiger partial charge in [0, 0.05) is 23.7 Å². The second-order valence-corrected chi connectivity index (χ2v) is 13.4. The molecule has 1 aliphatic rings. The molecule has 8 aromatic rings. The van der Waals surface area contributed by atoms with Crippen LogP contribution in [0.15, 0.2) is 182 Å². The van der Waals surface area contributed by atoms with Crippen molar-refractivity contribution in [3.63, 3.8) is 0 Å².